The maximum Gasteiger partial charge on any atom is 0.254 e. The molecule has 4 nitrogen and oxygen atoms in total. The molecule has 0 radical (unpaired) electrons. The molecule has 0 fully saturated rings. The summed E-state index contributed by atoms with van der Waals surface area (Å²) in [6.07, 6.45) is 2.54. The summed E-state index contributed by atoms with van der Waals surface area (Å²) >= 11 is 7.88. The van der Waals surface area contributed by atoms with Crippen molar-refractivity contribution < 1.29 is 9.59 Å². The third kappa shape index (κ3) is 5.06. The third-order valence-corrected chi connectivity index (χ3v) is 8.02. The topological polar surface area (TPSA) is 40.6 Å². The first-order valence-electron chi connectivity index (χ1n) is 11.9. The van der Waals surface area contributed by atoms with E-state index in [2.05, 4.69) is 18.4 Å². The van der Waals surface area contributed by atoms with Crippen LogP contribution in [0.15, 0.2) is 60.0 Å². The Hall–Kier alpha value is -2.63. The van der Waals surface area contributed by atoms with Crippen LogP contribution in [0.1, 0.15) is 65.2 Å². The SMILES string of the molecule is CCc1ccc(C(=O)N(CC(=O)N2CCc3sccc3C2c2ccc(Cl)cc2)C(C)CC)cc1. The highest BCUT2D eigenvalue weighted by Crippen LogP contribution is 2.38. The number of hydrogen-bond acceptors (Lipinski definition) is 3. The molecule has 0 aliphatic carbocycles. The van der Waals surface area contributed by atoms with Gasteiger partial charge in [0.25, 0.3) is 5.91 Å². The predicted molar refractivity (Wildman–Crippen MR) is 140 cm³/mol. The van der Waals surface area contributed by atoms with E-state index >= 15 is 0 Å². The average molecular weight is 495 g/mol. The molecule has 2 unspecified atom stereocenters. The minimum atomic E-state index is -0.169. The Bertz CT molecular complexity index is 1140. The molecule has 4 rings (SSSR count). The first kappa shape index (κ1) is 24.5. The number of rotatable bonds is 7. The normalized spacial score (nSPS) is 16.1. The smallest absolute Gasteiger partial charge is 0.254 e. The lowest BCUT2D eigenvalue weighted by atomic mass is 9.93. The maximum atomic E-state index is 13.8. The van der Waals surface area contributed by atoms with Crippen LogP contribution in [0.25, 0.3) is 0 Å². The van der Waals surface area contributed by atoms with Crippen molar-refractivity contribution in [3.05, 3.63) is 92.1 Å². The van der Waals surface area contributed by atoms with Crippen molar-refractivity contribution in [3.8, 4) is 0 Å². The summed E-state index contributed by atoms with van der Waals surface area (Å²) in [5.74, 6) is -0.128. The molecule has 0 saturated heterocycles. The van der Waals surface area contributed by atoms with Gasteiger partial charge in [-0.3, -0.25) is 9.59 Å². The van der Waals surface area contributed by atoms with Crippen LogP contribution in [0.5, 0.6) is 0 Å². The van der Waals surface area contributed by atoms with Gasteiger partial charge in [-0.25, -0.2) is 0 Å². The van der Waals surface area contributed by atoms with E-state index < -0.39 is 0 Å². The largest absolute Gasteiger partial charge is 0.330 e. The van der Waals surface area contributed by atoms with Gasteiger partial charge in [-0.05, 0) is 78.6 Å². The molecule has 0 spiro atoms. The van der Waals surface area contributed by atoms with E-state index in [4.69, 9.17) is 11.6 Å². The van der Waals surface area contributed by atoms with Gasteiger partial charge in [0.15, 0.2) is 0 Å². The highest BCUT2D eigenvalue weighted by Gasteiger charge is 2.34. The molecule has 0 N–H and O–H groups in total. The van der Waals surface area contributed by atoms with E-state index in [1.165, 1.54) is 16.0 Å². The first-order chi connectivity index (χ1) is 16.4. The lowest BCUT2D eigenvalue weighted by molar-refractivity contribution is -0.134. The highest BCUT2D eigenvalue weighted by molar-refractivity contribution is 7.10. The number of aryl methyl sites for hydroxylation is 1. The van der Waals surface area contributed by atoms with Crippen LogP contribution >= 0.6 is 22.9 Å². The summed E-state index contributed by atoms with van der Waals surface area (Å²) in [4.78, 5) is 32.2. The van der Waals surface area contributed by atoms with Gasteiger partial charge < -0.3 is 9.80 Å². The molecule has 1 aromatic heterocycles. The summed E-state index contributed by atoms with van der Waals surface area (Å²) in [6, 6.07) is 17.4. The number of amides is 2. The van der Waals surface area contributed by atoms with Crippen molar-refractivity contribution in [1.82, 2.24) is 9.80 Å². The van der Waals surface area contributed by atoms with Crippen LogP contribution in [-0.4, -0.2) is 40.7 Å². The Balaban J connectivity index is 1.62. The zero-order chi connectivity index (χ0) is 24.2. The van der Waals surface area contributed by atoms with Gasteiger partial charge in [0, 0.05) is 28.0 Å². The summed E-state index contributed by atoms with van der Waals surface area (Å²) < 4.78 is 0. The molecule has 34 heavy (non-hydrogen) atoms. The fraction of sp³-hybridized carbons (Fsp3) is 0.357. The zero-order valence-electron chi connectivity index (χ0n) is 20.0. The Morgan fingerprint density at radius 3 is 2.44 bits per heavy atom. The molecule has 0 saturated carbocycles. The molecule has 6 heteroatoms. The second kappa shape index (κ2) is 10.7. The van der Waals surface area contributed by atoms with Gasteiger partial charge in [-0.1, -0.05) is 49.7 Å². The second-order valence-corrected chi connectivity index (χ2v) is 10.3. The summed E-state index contributed by atoms with van der Waals surface area (Å²) in [5.41, 5.74) is 4.02. The molecule has 2 atom stereocenters. The molecular formula is C28H31ClN2O2S. The quantitative estimate of drug-likeness (QED) is 0.382. The second-order valence-electron chi connectivity index (χ2n) is 8.83. The van der Waals surface area contributed by atoms with E-state index in [-0.39, 0.29) is 30.4 Å². The van der Waals surface area contributed by atoms with Crippen LogP contribution in [0.2, 0.25) is 5.02 Å². The number of carbonyl (C=O) groups is 2. The minimum absolute atomic E-state index is 0.0318. The summed E-state index contributed by atoms with van der Waals surface area (Å²) in [7, 11) is 0. The number of carbonyl (C=O) groups excluding carboxylic acids is 2. The van der Waals surface area contributed by atoms with E-state index in [1.54, 1.807) is 16.2 Å². The minimum Gasteiger partial charge on any atom is -0.330 e. The van der Waals surface area contributed by atoms with Gasteiger partial charge in [0.1, 0.15) is 6.54 Å². The third-order valence-electron chi connectivity index (χ3n) is 6.77. The lowest BCUT2D eigenvalue weighted by Crippen LogP contribution is -2.49. The molecule has 0 bridgehead atoms. The monoisotopic (exact) mass is 494 g/mol. The van der Waals surface area contributed by atoms with Crippen molar-refractivity contribution in [2.24, 2.45) is 0 Å². The van der Waals surface area contributed by atoms with E-state index in [1.807, 2.05) is 67.3 Å². The van der Waals surface area contributed by atoms with Crippen molar-refractivity contribution >= 4 is 34.8 Å². The van der Waals surface area contributed by atoms with Gasteiger partial charge in [0.05, 0.1) is 6.04 Å². The van der Waals surface area contributed by atoms with Crippen LogP contribution < -0.4 is 0 Å². The van der Waals surface area contributed by atoms with Crippen molar-refractivity contribution in [2.45, 2.75) is 52.1 Å². The molecule has 2 amide bonds. The molecular weight excluding hydrogens is 464 g/mol. The Morgan fingerprint density at radius 1 is 1.09 bits per heavy atom. The molecule has 3 aromatic rings. The van der Waals surface area contributed by atoms with Gasteiger partial charge in [-0.15, -0.1) is 11.3 Å². The Labute approximate surface area is 211 Å². The fourth-order valence-corrected chi connectivity index (χ4v) is 5.55. The van der Waals surface area contributed by atoms with Crippen molar-refractivity contribution in [3.63, 3.8) is 0 Å². The number of hydrogen-bond donors (Lipinski definition) is 0. The first-order valence-corrected chi connectivity index (χ1v) is 13.2. The molecule has 178 valence electrons. The standard InChI is InChI=1S/C28H31ClN2O2S/c1-4-19(3)31(28(33)22-8-6-20(5-2)7-9-22)18-26(32)30-16-14-25-24(15-17-34-25)27(30)21-10-12-23(29)13-11-21/h6-13,15,17,19,27H,4-5,14,16,18H2,1-3H3. The Morgan fingerprint density at radius 2 is 1.79 bits per heavy atom. The van der Waals surface area contributed by atoms with Gasteiger partial charge in [0.2, 0.25) is 5.91 Å². The number of halogens is 1. The molecule has 1 aliphatic rings. The number of thiophene rings is 1. The summed E-state index contributed by atoms with van der Waals surface area (Å²) in [5, 5.41) is 2.77. The van der Waals surface area contributed by atoms with Crippen LogP contribution in [0.3, 0.4) is 0 Å². The molecule has 2 aromatic carbocycles. The van der Waals surface area contributed by atoms with Crippen molar-refractivity contribution in [1.29, 1.82) is 0 Å². The maximum absolute atomic E-state index is 13.8. The van der Waals surface area contributed by atoms with Crippen LogP contribution in [-0.2, 0) is 17.6 Å². The van der Waals surface area contributed by atoms with Crippen LogP contribution in [0.4, 0.5) is 0 Å². The van der Waals surface area contributed by atoms with Gasteiger partial charge in [-0.2, -0.15) is 0 Å². The van der Waals surface area contributed by atoms with Crippen molar-refractivity contribution in [2.75, 3.05) is 13.1 Å². The van der Waals surface area contributed by atoms with Gasteiger partial charge >= 0.3 is 0 Å². The molecule has 2 heterocycles. The zero-order valence-corrected chi connectivity index (χ0v) is 21.5. The predicted octanol–water partition coefficient (Wildman–Crippen LogP) is 6.38. The highest BCUT2D eigenvalue weighted by atomic mass is 35.5. The summed E-state index contributed by atoms with van der Waals surface area (Å²) in [6.45, 7) is 6.84. The van der Waals surface area contributed by atoms with E-state index in [0.717, 1.165) is 24.8 Å². The average Bonchev–Trinajstić information content (AvgIpc) is 3.35. The Kier molecular flexibility index (Phi) is 7.74. The number of nitrogens with zero attached hydrogens (tertiary/aromatic N) is 2. The van der Waals surface area contributed by atoms with E-state index in [0.29, 0.717) is 17.1 Å². The number of benzene rings is 2. The fourth-order valence-electron chi connectivity index (χ4n) is 4.52. The van der Waals surface area contributed by atoms with E-state index in [9.17, 15) is 9.59 Å². The van der Waals surface area contributed by atoms with Crippen LogP contribution in [0, 0.1) is 0 Å². The molecule has 1 aliphatic heterocycles. The lowest BCUT2D eigenvalue weighted by Gasteiger charge is -2.38. The number of fused-ring (bicyclic) bond motifs is 1.